The third-order valence-electron chi connectivity index (χ3n) is 2.90. The summed E-state index contributed by atoms with van der Waals surface area (Å²) in [7, 11) is -4.68. The molecule has 1 aromatic heterocycles. The molecule has 0 aromatic carbocycles. The van der Waals surface area contributed by atoms with E-state index in [1.165, 1.54) is 0 Å². The number of alkyl halides is 2. The lowest BCUT2D eigenvalue weighted by atomic mass is 10.1. The third-order valence-corrected chi connectivity index (χ3v) is 3.41. The lowest BCUT2D eigenvalue weighted by molar-refractivity contribution is -0.202. The number of anilines is 1. The molecule has 4 atom stereocenters. The number of nitrogens with two attached hydrogens (primary N) is 2. The van der Waals surface area contributed by atoms with Crippen LogP contribution in [0.3, 0.4) is 0 Å². The fourth-order valence-electron chi connectivity index (χ4n) is 1.89. The van der Waals surface area contributed by atoms with Gasteiger partial charge in [-0.15, -0.1) is 0 Å². The molecule has 2 rings (SSSR count). The standard InChI is InChI=1S/C9H13F2N4O6P/c10-9(11)6(16)4(3-20-22(13,18)19)21-7(9)15-2-1-5(12)14-8(15)17/h1-2,4,6-7,16H,3H2,(H2,12,14,17)(H3,13,18,19)/p-1/t4-,6+,7-/m1/s1. The predicted octanol–water partition coefficient (Wildman–Crippen LogP) is -1.84. The Labute approximate surface area is 121 Å². The molecule has 1 saturated heterocycles. The molecule has 1 fully saturated rings. The summed E-state index contributed by atoms with van der Waals surface area (Å²) in [6.45, 7) is -0.929. The summed E-state index contributed by atoms with van der Waals surface area (Å²) in [5, 5.41) is 9.54. The monoisotopic (exact) mass is 341 g/mol. The van der Waals surface area contributed by atoms with Crippen LogP contribution < -0.4 is 21.8 Å². The van der Waals surface area contributed by atoms with Gasteiger partial charge in [0.15, 0.2) is 6.10 Å². The van der Waals surface area contributed by atoms with Crippen LogP contribution in [0.15, 0.2) is 17.1 Å². The summed E-state index contributed by atoms with van der Waals surface area (Å²) in [4.78, 5) is 25.5. The fourth-order valence-corrected chi connectivity index (χ4v) is 2.24. The third kappa shape index (κ3) is 3.32. The van der Waals surface area contributed by atoms with E-state index in [0.29, 0.717) is 4.57 Å². The van der Waals surface area contributed by atoms with Crippen molar-refractivity contribution in [3.05, 3.63) is 22.7 Å². The number of hydrogen-bond acceptors (Lipinski definition) is 8. The van der Waals surface area contributed by atoms with E-state index in [-0.39, 0.29) is 5.82 Å². The van der Waals surface area contributed by atoms with Crippen molar-refractivity contribution >= 4 is 13.6 Å². The van der Waals surface area contributed by atoms with Gasteiger partial charge in [-0.25, -0.2) is 4.79 Å². The van der Waals surface area contributed by atoms with Gasteiger partial charge in [-0.05, 0) is 6.07 Å². The second-order valence-corrected chi connectivity index (χ2v) is 5.86. The van der Waals surface area contributed by atoms with Crippen LogP contribution in [0.1, 0.15) is 6.23 Å². The predicted molar refractivity (Wildman–Crippen MR) is 65.5 cm³/mol. The van der Waals surface area contributed by atoms with Gasteiger partial charge in [0.05, 0.1) is 6.61 Å². The van der Waals surface area contributed by atoms with Crippen molar-refractivity contribution < 1.29 is 32.6 Å². The molecule has 1 aromatic rings. The highest BCUT2D eigenvalue weighted by Crippen LogP contribution is 2.43. The lowest BCUT2D eigenvalue weighted by Gasteiger charge is -2.21. The summed E-state index contributed by atoms with van der Waals surface area (Å²) in [5.41, 5.74) is 8.71. The maximum absolute atomic E-state index is 14.0. The van der Waals surface area contributed by atoms with Gasteiger partial charge in [-0.3, -0.25) is 14.6 Å². The smallest absolute Gasteiger partial charge is 0.351 e. The number of ether oxygens (including phenoxy) is 1. The van der Waals surface area contributed by atoms with Crippen molar-refractivity contribution in [2.45, 2.75) is 24.4 Å². The molecule has 0 spiro atoms. The Morgan fingerprint density at radius 2 is 2.27 bits per heavy atom. The molecule has 1 unspecified atom stereocenters. The second-order valence-electron chi connectivity index (χ2n) is 4.52. The van der Waals surface area contributed by atoms with Crippen molar-refractivity contribution in [3.8, 4) is 0 Å². The minimum Gasteiger partial charge on any atom is -0.766 e. The molecule has 0 amide bonds. The quantitative estimate of drug-likeness (QED) is 0.533. The van der Waals surface area contributed by atoms with E-state index in [1.54, 1.807) is 0 Å². The zero-order valence-corrected chi connectivity index (χ0v) is 11.7. The maximum Gasteiger partial charge on any atom is 0.351 e. The van der Waals surface area contributed by atoms with Crippen LogP contribution in [-0.2, 0) is 13.8 Å². The SMILES string of the molecule is Nc1ccn([C@@H]2O[C@H](COP(N)(=O)[O-])[C@H](O)C2(F)F)c(=O)n1. The molecule has 0 saturated carbocycles. The summed E-state index contributed by atoms with van der Waals surface area (Å²) >= 11 is 0. The van der Waals surface area contributed by atoms with E-state index in [9.17, 15) is 28.1 Å². The number of aliphatic hydroxyl groups excluding tert-OH is 1. The highest BCUT2D eigenvalue weighted by atomic mass is 31.2. The van der Waals surface area contributed by atoms with Crippen molar-refractivity contribution in [1.29, 1.82) is 0 Å². The van der Waals surface area contributed by atoms with Gasteiger partial charge in [-0.2, -0.15) is 13.8 Å². The van der Waals surface area contributed by atoms with Gasteiger partial charge in [0.25, 0.3) is 0 Å². The number of hydrogen-bond donors (Lipinski definition) is 3. The van der Waals surface area contributed by atoms with Crippen LogP contribution in [0.2, 0.25) is 0 Å². The highest BCUT2D eigenvalue weighted by Gasteiger charge is 2.59. The molecular weight excluding hydrogens is 329 g/mol. The van der Waals surface area contributed by atoms with E-state index in [2.05, 4.69) is 15.0 Å². The van der Waals surface area contributed by atoms with Crippen LogP contribution in [0, 0.1) is 0 Å². The first kappa shape index (κ1) is 16.9. The zero-order chi connectivity index (χ0) is 16.7. The van der Waals surface area contributed by atoms with Gasteiger partial charge in [-0.1, -0.05) is 0 Å². The number of aliphatic hydroxyl groups is 1. The molecule has 124 valence electrons. The summed E-state index contributed by atoms with van der Waals surface area (Å²) in [5.74, 6) is -4.07. The van der Waals surface area contributed by atoms with Crippen LogP contribution in [-0.4, -0.2) is 39.4 Å². The van der Waals surface area contributed by atoms with Crippen LogP contribution >= 0.6 is 7.75 Å². The average molecular weight is 341 g/mol. The molecule has 5 N–H and O–H groups in total. The normalized spacial score (nSPS) is 30.1. The second kappa shape index (κ2) is 5.65. The van der Waals surface area contributed by atoms with E-state index in [1.807, 2.05) is 0 Å². The average Bonchev–Trinajstić information content (AvgIpc) is 2.59. The van der Waals surface area contributed by atoms with Crippen LogP contribution in [0.25, 0.3) is 0 Å². The minimum absolute atomic E-state index is 0.182. The molecule has 0 bridgehead atoms. The Morgan fingerprint density at radius 1 is 1.64 bits per heavy atom. The van der Waals surface area contributed by atoms with E-state index < -0.39 is 44.4 Å². The van der Waals surface area contributed by atoms with Crippen LogP contribution in [0.5, 0.6) is 0 Å². The Hall–Kier alpha value is -1.43. The Balaban J connectivity index is 2.26. The first-order valence-corrected chi connectivity index (χ1v) is 7.43. The topological polar surface area (TPSA) is 166 Å². The number of halogens is 2. The van der Waals surface area contributed by atoms with Gasteiger partial charge in [0.2, 0.25) is 14.0 Å². The van der Waals surface area contributed by atoms with Gasteiger partial charge in [0.1, 0.15) is 11.9 Å². The van der Waals surface area contributed by atoms with Crippen molar-refractivity contribution in [2.24, 2.45) is 5.50 Å². The first-order valence-electron chi connectivity index (χ1n) is 5.82. The van der Waals surface area contributed by atoms with Gasteiger partial charge in [0, 0.05) is 6.20 Å². The molecule has 1 aliphatic rings. The molecule has 0 aliphatic carbocycles. The lowest BCUT2D eigenvalue weighted by Crippen LogP contribution is -2.42. The largest absolute Gasteiger partial charge is 0.766 e. The molecule has 1 aliphatic heterocycles. The molecule has 2 heterocycles. The fraction of sp³-hybridized carbons (Fsp3) is 0.556. The van der Waals surface area contributed by atoms with E-state index >= 15 is 0 Å². The van der Waals surface area contributed by atoms with Crippen molar-refractivity contribution in [2.75, 3.05) is 12.3 Å². The summed E-state index contributed by atoms with van der Waals surface area (Å²) in [6, 6.07) is 1.09. The molecule has 22 heavy (non-hydrogen) atoms. The number of nitrogen functional groups attached to an aromatic ring is 1. The number of rotatable bonds is 4. The van der Waals surface area contributed by atoms with Crippen molar-refractivity contribution in [3.63, 3.8) is 0 Å². The molecule has 13 heteroatoms. The number of nitrogens with zero attached hydrogens (tertiary/aromatic N) is 2. The summed E-state index contributed by atoms with van der Waals surface area (Å²) < 4.78 is 48.1. The number of aromatic nitrogens is 2. The van der Waals surface area contributed by atoms with Crippen molar-refractivity contribution in [1.82, 2.24) is 9.55 Å². The minimum atomic E-state index is -4.68. The Kier molecular flexibility index (Phi) is 4.35. The first-order chi connectivity index (χ1) is 10.0. The molecule has 0 radical (unpaired) electrons. The van der Waals surface area contributed by atoms with Gasteiger partial charge >= 0.3 is 11.6 Å². The van der Waals surface area contributed by atoms with E-state index in [4.69, 9.17) is 10.5 Å². The van der Waals surface area contributed by atoms with Gasteiger partial charge < -0.3 is 25.0 Å². The van der Waals surface area contributed by atoms with Crippen LogP contribution in [0.4, 0.5) is 14.6 Å². The Morgan fingerprint density at radius 3 is 2.82 bits per heavy atom. The maximum atomic E-state index is 14.0. The summed E-state index contributed by atoms with van der Waals surface area (Å²) in [6.07, 6.45) is -5.40. The zero-order valence-electron chi connectivity index (χ0n) is 10.8. The molecular formula is C9H12F2N4O6P-. The Bertz CT molecular complexity index is 664. The van der Waals surface area contributed by atoms with E-state index in [0.717, 1.165) is 12.3 Å². The molecule has 10 nitrogen and oxygen atoms in total. The highest BCUT2D eigenvalue weighted by molar-refractivity contribution is 7.48.